The Balaban J connectivity index is 1.89. The number of amides is 2. The van der Waals surface area contributed by atoms with Gasteiger partial charge in [0.25, 0.3) is 5.91 Å². The molecular formula is C31H37ClN2O3. The molecule has 6 heteroatoms. The van der Waals surface area contributed by atoms with Gasteiger partial charge in [0, 0.05) is 23.5 Å². The molecule has 0 aromatic heterocycles. The molecule has 0 unspecified atom stereocenters. The van der Waals surface area contributed by atoms with Crippen LogP contribution in [0, 0.1) is 0 Å². The fourth-order valence-corrected chi connectivity index (χ4v) is 4.10. The molecule has 3 aromatic carbocycles. The maximum atomic E-state index is 13.7. The lowest BCUT2D eigenvalue weighted by atomic mass is 10.0. The summed E-state index contributed by atoms with van der Waals surface area (Å²) in [6, 6.07) is 24.1. The summed E-state index contributed by atoms with van der Waals surface area (Å²) in [6.07, 6.45) is 0.380. The zero-order valence-corrected chi connectivity index (χ0v) is 23.1. The second-order valence-corrected chi connectivity index (χ2v) is 11.0. The topological polar surface area (TPSA) is 58.6 Å². The normalized spacial score (nSPS) is 12.2. The van der Waals surface area contributed by atoms with Crippen LogP contribution in [-0.4, -0.2) is 34.9 Å². The predicted molar refractivity (Wildman–Crippen MR) is 150 cm³/mol. The minimum absolute atomic E-state index is 0.178. The third-order valence-electron chi connectivity index (χ3n) is 5.94. The van der Waals surface area contributed by atoms with Crippen LogP contribution in [0.3, 0.4) is 0 Å². The van der Waals surface area contributed by atoms with Crippen molar-refractivity contribution >= 4 is 23.4 Å². The molecule has 0 aliphatic heterocycles. The zero-order valence-electron chi connectivity index (χ0n) is 22.3. The summed E-state index contributed by atoms with van der Waals surface area (Å²) in [6.45, 7) is 10.1. The number of hydrogen-bond acceptors (Lipinski definition) is 3. The summed E-state index contributed by atoms with van der Waals surface area (Å²) in [5, 5.41) is 3.68. The minimum atomic E-state index is -0.725. The lowest BCUT2D eigenvalue weighted by Crippen LogP contribution is -2.55. The van der Waals surface area contributed by atoms with Gasteiger partial charge in [-0.15, -0.1) is 0 Å². The van der Waals surface area contributed by atoms with Crippen molar-refractivity contribution in [2.45, 2.75) is 65.1 Å². The summed E-state index contributed by atoms with van der Waals surface area (Å²) < 4.78 is 5.88. The van der Waals surface area contributed by atoms with Crippen LogP contribution in [0.4, 0.5) is 0 Å². The average molecular weight is 521 g/mol. The highest BCUT2D eigenvalue weighted by atomic mass is 35.5. The first-order chi connectivity index (χ1) is 17.5. The van der Waals surface area contributed by atoms with Gasteiger partial charge < -0.3 is 15.0 Å². The van der Waals surface area contributed by atoms with Gasteiger partial charge in [-0.1, -0.05) is 80.0 Å². The second kappa shape index (κ2) is 12.8. The highest BCUT2D eigenvalue weighted by Gasteiger charge is 2.32. The third kappa shape index (κ3) is 8.94. The SMILES string of the molecule is CC(C)c1ccc(OCC(=O)N(Cc2ccc(Cl)cc2)[C@H](Cc2ccccc2)C(=O)NC(C)(C)C)cc1. The molecule has 0 bridgehead atoms. The van der Waals surface area contributed by atoms with Crippen LogP contribution < -0.4 is 10.1 Å². The standard InChI is InChI=1S/C31H37ClN2O3/c1-22(2)25-13-17-27(18-14-25)37-21-29(35)34(20-24-11-15-26(32)16-12-24)28(30(36)33-31(3,4)5)19-23-9-7-6-8-10-23/h6-18,22,28H,19-21H2,1-5H3,(H,33,36)/t28-/m1/s1. The number of carbonyl (C=O) groups excluding carboxylic acids is 2. The fourth-order valence-electron chi connectivity index (χ4n) is 3.97. The lowest BCUT2D eigenvalue weighted by Gasteiger charge is -2.33. The molecule has 0 radical (unpaired) electrons. The Morgan fingerprint density at radius 2 is 1.51 bits per heavy atom. The van der Waals surface area contributed by atoms with E-state index >= 15 is 0 Å². The van der Waals surface area contributed by atoms with Crippen LogP contribution >= 0.6 is 11.6 Å². The quantitative estimate of drug-likeness (QED) is 0.336. The van der Waals surface area contributed by atoms with Gasteiger partial charge in [-0.25, -0.2) is 0 Å². The molecule has 0 aliphatic rings. The van der Waals surface area contributed by atoms with E-state index in [0.717, 1.165) is 11.1 Å². The third-order valence-corrected chi connectivity index (χ3v) is 6.20. The number of hydrogen-bond donors (Lipinski definition) is 1. The van der Waals surface area contributed by atoms with Gasteiger partial charge in [-0.3, -0.25) is 9.59 Å². The second-order valence-electron chi connectivity index (χ2n) is 10.6. The molecule has 0 spiro atoms. The summed E-state index contributed by atoms with van der Waals surface area (Å²) >= 11 is 6.09. The average Bonchev–Trinajstić information content (AvgIpc) is 2.85. The zero-order chi connectivity index (χ0) is 27.0. The molecule has 3 aromatic rings. The number of carbonyl (C=O) groups is 2. The van der Waals surface area contributed by atoms with Gasteiger partial charge in [0.15, 0.2) is 6.61 Å². The molecule has 0 saturated heterocycles. The van der Waals surface area contributed by atoms with Crippen molar-refractivity contribution in [2.24, 2.45) is 0 Å². The molecule has 0 aliphatic carbocycles. The molecule has 2 amide bonds. The van der Waals surface area contributed by atoms with Gasteiger partial charge in [0.05, 0.1) is 0 Å². The number of benzene rings is 3. The highest BCUT2D eigenvalue weighted by Crippen LogP contribution is 2.20. The van der Waals surface area contributed by atoms with Crippen LogP contribution in [0.5, 0.6) is 5.75 Å². The molecular weight excluding hydrogens is 484 g/mol. The Labute approximate surface area is 225 Å². The van der Waals surface area contributed by atoms with Crippen molar-refractivity contribution in [3.8, 4) is 5.75 Å². The van der Waals surface area contributed by atoms with Gasteiger partial charge >= 0.3 is 0 Å². The molecule has 0 saturated carbocycles. The van der Waals surface area contributed by atoms with E-state index < -0.39 is 11.6 Å². The lowest BCUT2D eigenvalue weighted by molar-refractivity contribution is -0.143. The molecule has 1 N–H and O–H groups in total. The number of halogens is 1. The van der Waals surface area contributed by atoms with Crippen LogP contribution in [0.1, 0.15) is 57.2 Å². The first-order valence-corrected chi connectivity index (χ1v) is 13.0. The van der Waals surface area contributed by atoms with Crippen molar-refractivity contribution in [3.05, 3.63) is 101 Å². The number of nitrogens with zero attached hydrogens (tertiary/aromatic N) is 1. The van der Waals surface area contributed by atoms with E-state index in [1.165, 1.54) is 5.56 Å². The molecule has 0 fully saturated rings. The van der Waals surface area contributed by atoms with Crippen LogP contribution in [0.25, 0.3) is 0 Å². The predicted octanol–water partition coefficient (Wildman–Crippen LogP) is 6.40. The van der Waals surface area contributed by atoms with Gasteiger partial charge in [-0.2, -0.15) is 0 Å². The highest BCUT2D eigenvalue weighted by molar-refractivity contribution is 6.30. The summed E-state index contributed by atoms with van der Waals surface area (Å²) in [5.74, 6) is 0.543. The van der Waals surface area contributed by atoms with Crippen molar-refractivity contribution in [1.82, 2.24) is 10.2 Å². The molecule has 0 heterocycles. The van der Waals surface area contributed by atoms with Crippen molar-refractivity contribution in [2.75, 3.05) is 6.61 Å². The van der Waals surface area contributed by atoms with Crippen molar-refractivity contribution < 1.29 is 14.3 Å². The van der Waals surface area contributed by atoms with Gasteiger partial charge in [0.1, 0.15) is 11.8 Å². The molecule has 3 rings (SSSR count). The first-order valence-electron chi connectivity index (χ1n) is 12.6. The molecule has 37 heavy (non-hydrogen) atoms. The van der Waals surface area contributed by atoms with E-state index in [1.807, 2.05) is 87.5 Å². The number of ether oxygens (including phenoxy) is 1. The van der Waals surface area contributed by atoms with Gasteiger partial charge in [0.2, 0.25) is 5.91 Å². The fraction of sp³-hybridized carbons (Fsp3) is 0.355. The van der Waals surface area contributed by atoms with E-state index in [1.54, 1.807) is 17.0 Å². The van der Waals surface area contributed by atoms with Gasteiger partial charge in [-0.05, 0) is 67.6 Å². The van der Waals surface area contributed by atoms with Crippen LogP contribution in [-0.2, 0) is 22.6 Å². The molecule has 5 nitrogen and oxygen atoms in total. The smallest absolute Gasteiger partial charge is 0.261 e. The van der Waals surface area contributed by atoms with E-state index in [2.05, 4.69) is 19.2 Å². The Bertz CT molecular complexity index is 1150. The maximum Gasteiger partial charge on any atom is 0.261 e. The minimum Gasteiger partial charge on any atom is -0.484 e. The van der Waals surface area contributed by atoms with E-state index in [9.17, 15) is 9.59 Å². The largest absolute Gasteiger partial charge is 0.484 e. The van der Waals surface area contributed by atoms with Crippen LogP contribution in [0.15, 0.2) is 78.9 Å². The number of rotatable bonds is 10. The Morgan fingerprint density at radius 3 is 2.08 bits per heavy atom. The molecule has 1 atom stereocenters. The monoisotopic (exact) mass is 520 g/mol. The summed E-state index contributed by atoms with van der Waals surface area (Å²) in [4.78, 5) is 28.8. The van der Waals surface area contributed by atoms with E-state index in [-0.39, 0.29) is 25.0 Å². The van der Waals surface area contributed by atoms with Crippen molar-refractivity contribution in [1.29, 1.82) is 0 Å². The molecule has 196 valence electrons. The van der Waals surface area contributed by atoms with E-state index in [0.29, 0.717) is 23.1 Å². The van der Waals surface area contributed by atoms with Crippen LogP contribution in [0.2, 0.25) is 5.02 Å². The van der Waals surface area contributed by atoms with Crippen molar-refractivity contribution in [3.63, 3.8) is 0 Å². The Morgan fingerprint density at radius 1 is 0.892 bits per heavy atom. The first kappa shape index (κ1) is 28.3. The summed E-state index contributed by atoms with van der Waals surface area (Å²) in [5.41, 5.74) is 2.59. The Hall–Kier alpha value is -3.31. The summed E-state index contributed by atoms with van der Waals surface area (Å²) in [7, 11) is 0. The number of nitrogens with one attached hydrogen (secondary N) is 1. The van der Waals surface area contributed by atoms with E-state index in [4.69, 9.17) is 16.3 Å². The maximum absolute atomic E-state index is 13.7. The Kier molecular flexibility index (Phi) is 9.76.